The molecule has 1 aliphatic rings. The van der Waals surface area contributed by atoms with E-state index in [1.807, 2.05) is 6.08 Å². The minimum Gasteiger partial charge on any atom is -0.396 e. The molecule has 0 bridgehead atoms. The molecule has 1 rings (SSSR count). The Bertz CT molecular complexity index is 367. The van der Waals surface area contributed by atoms with Crippen molar-refractivity contribution in [3.05, 3.63) is 12.2 Å². The predicted octanol–water partition coefficient (Wildman–Crippen LogP) is 3.38. The van der Waals surface area contributed by atoms with Crippen molar-refractivity contribution >= 4 is 5.78 Å². The third kappa shape index (κ3) is 7.91. The van der Waals surface area contributed by atoms with E-state index in [2.05, 4.69) is 6.92 Å². The van der Waals surface area contributed by atoms with Crippen LogP contribution in [0.3, 0.4) is 0 Å². The van der Waals surface area contributed by atoms with Crippen LogP contribution in [-0.2, 0) is 4.79 Å². The molecule has 0 aromatic rings. The van der Waals surface area contributed by atoms with E-state index in [4.69, 9.17) is 5.11 Å². The fraction of sp³-hybridized carbons (Fsp3) is 0.850. The lowest BCUT2D eigenvalue weighted by Gasteiger charge is -2.18. The average molecular weight is 341 g/mol. The van der Waals surface area contributed by atoms with Gasteiger partial charge in [-0.1, -0.05) is 64.0 Å². The fourth-order valence-electron chi connectivity index (χ4n) is 3.56. The first-order valence-electron chi connectivity index (χ1n) is 9.78. The summed E-state index contributed by atoms with van der Waals surface area (Å²) in [6.07, 6.45) is 12.7. The first kappa shape index (κ1) is 21.3. The molecule has 0 heterocycles. The molecule has 1 aliphatic carbocycles. The van der Waals surface area contributed by atoms with Crippen LogP contribution in [0.4, 0.5) is 0 Å². The summed E-state index contributed by atoms with van der Waals surface area (Å²) in [6.45, 7) is 2.39. The number of hydrogen-bond acceptors (Lipinski definition) is 4. The number of carbonyl (C=O) groups excluding carboxylic acids is 1. The average Bonchev–Trinajstić information content (AvgIpc) is 2.82. The van der Waals surface area contributed by atoms with Crippen LogP contribution in [-0.4, -0.2) is 39.9 Å². The Kier molecular flexibility index (Phi) is 11.2. The van der Waals surface area contributed by atoms with Gasteiger partial charge in [-0.05, 0) is 25.2 Å². The summed E-state index contributed by atoms with van der Waals surface area (Å²) >= 11 is 0. The van der Waals surface area contributed by atoms with Crippen molar-refractivity contribution in [1.82, 2.24) is 0 Å². The molecule has 1 saturated carbocycles. The molecule has 0 amide bonds. The van der Waals surface area contributed by atoms with Gasteiger partial charge in [0.15, 0.2) is 0 Å². The normalized spacial score (nSPS) is 25.7. The van der Waals surface area contributed by atoms with Crippen LogP contribution in [0.25, 0.3) is 0 Å². The van der Waals surface area contributed by atoms with Crippen LogP contribution < -0.4 is 0 Å². The zero-order valence-corrected chi connectivity index (χ0v) is 15.2. The second kappa shape index (κ2) is 12.6. The summed E-state index contributed by atoms with van der Waals surface area (Å²) in [5.74, 6) is -0.141. The van der Waals surface area contributed by atoms with E-state index >= 15 is 0 Å². The smallest absolute Gasteiger partial charge is 0.142 e. The Morgan fingerprint density at radius 1 is 1.12 bits per heavy atom. The number of aliphatic hydroxyl groups excluding tert-OH is 3. The minimum absolute atomic E-state index is 0.00515. The van der Waals surface area contributed by atoms with Gasteiger partial charge in [-0.25, -0.2) is 0 Å². The maximum absolute atomic E-state index is 12.1. The Morgan fingerprint density at radius 3 is 2.54 bits per heavy atom. The Morgan fingerprint density at radius 2 is 1.83 bits per heavy atom. The molecule has 0 radical (unpaired) electrons. The summed E-state index contributed by atoms with van der Waals surface area (Å²) < 4.78 is 0. The molecule has 0 aromatic carbocycles. The van der Waals surface area contributed by atoms with E-state index < -0.39 is 12.2 Å². The summed E-state index contributed by atoms with van der Waals surface area (Å²) in [4.78, 5) is 12.1. The second-order valence-corrected chi connectivity index (χ2v) is 7.16. The molecule has 24 heavy (non-hydrogen) atoms. The number of unbranched alkanes of at least 4 members (excludes halogenated alkanes) is 6. The summed E-state index contributed by atoms with van der Waals surface area (Å²) in [7, 11) is 0. The van der Waals surface area contributed by atoms with E-state index in [9.17, 15) is 15.0 Å². The van der Waals surface area contributed by atoms with Crippen LogP contribution in [0.2, 0.25) is 0 Å². The van der Waals surface area contributed by atoms with Gasteiger partial charge in [-0.3, -0.25) is 4.79 Å². The van der Waals surface area contributed by atoms with Gasteiger partial charge in [-0.15, -0.1) is 0 Å². The summed E-state index contributed by atoms with van der Waals surface area (Å²) in [6, 6.07) is 0. The third-order valence-electron chi connectivity index (χ3n) is 5.08. The lowest BCUT2D eigenvalue weighted by Crippen LogP contribution is -2.19. The third-order valence-corrected chi connectivity index (χ3v) is 5.08. The number of rotatable bonds is 13. The highest BCUT2D eigenvalue weighted by Crippen LogP contribution is 2.34. The van der Waals surface area contributed by atoms with E-state index in [1.54, 1.807) is 6.08 Å². The van der Waals surface area contributed by atoms with Gasteiger partial charge in [-0.2, -0.15) is 0 Å². The number of Topliss-reactive ketones (excluding diaryl/α,β-unsaturated/α-hetero) is 1. The quantitative estimate of drug-likeness (QED) is 0.355. The van der Waals surface area contributed by atoms with Gasteiger partial charge in [0.05, 0.1) is 12.2 Å². The molecule has 4 atom stereocenters. The number of hydrogen-bond donors (Lipinski definition) is 3. The zero-order chi connectivity index (χ0) is 17.8. The molecule has 0 saturated heterocycles. The van der Waals surface area contributed by atoms with Crippen LogP contribution in [0.5, 0.6) is 0 Å². The van der Waals surface area contributed by atoms with E-state index in [1.165, 1.54) is 0 Å². The van der Waals surface area contributed by atoms with Crippen molar-refractivity contribution in [3.8, 4) is 0 Å². The topological polar surface area (TPSA) is 77.8 Å². The van der Waals surface area contributed by atoms with E-state index in [0.29, 0.717) is 0 Å². The molecule has 1 unspecified atom stereocenters. The van der Waals surface area contributed by atoms with Gasteiger partial charge in [0.2, 0.25) is 0 Å². The lowest BCUT2D eigenvalue weighted by molar-refractivity contribution is -0.120. The molecular formula is C20H36O4. The second-order valence-electron chi connectivity index (χ2n) is 7.16. The fourth-order valence-corrected chi connectivity index (χ4v) is 3.56. The van der Waals surface area contributed by atoms with Crippen molar-refractivity contribution in [3.63, 3.8) is 0 Å². The molecule has 1 fully saturated rings. The monoisotopic (exact) mass is 340 g/mol. The maximum Gasteiger partial charge on any atom is 0.142 e. The highest BCUT2D eigenvalue weighted by molar-refractivity contribution is 5.85. The number of allylic oxidation sites excluding steroid dienone is 1. The van der Waals surface area contributed by atoms with Crippen molar-refractivity contribution in [2.24, 2.45) is 11.8 Å². The molecule has 3 N–H and O–H groups in total. The van der Waals surface area contributed by atoms with Gasteiger partial charge >= 0.3 is 0 Å². The van der Waals surface area contributed by atoms with Crippen molar-refractivity contribution in [2.45, 2.75) is 89.8 Å². The highest BCUT2D eigenvalue weighted by Gasteiger charge is 2.39. The summed E-state index contributed by atoms with van der Waals surface area (Å²) in [5, 5.41) is 28.9. The van der Waals surface area contributed by atoms with E-state index in [-0.39, 0.29) is 30.6 Å². The van der Waals surface area contributed by atoms with Crippen molar-refractivity contribution in [1.29, 1.82) is 0 Å². The Balaban J connectivity index is 2.40. The van der Waals surface area contributed by atoms with Crippen LogP contribution in [0.15, 0.2) is 12.2 Å². The minimum atomic E-state index is -0.540. The summed E-state index contributed by atoms with van der Waals surface area (Å²) in [5.41, 5.74) is 0. The predicted molar refractivity (Wildman–Crippen MR) is 96.7 cm³/mol. The van der Waals surface area contributed by atoms with Crippen molar-refractivity contribution < 1.29 is 20.1 Å². The zero-order valence-electron chi connectivity index (χ0n) is 15.2. The van der Waals surface area contributed by atoms with Crippen LogP contribution in [0, 0.1) is 11.8 Å². The molecule has 0 spiro atoms. The largest absolute Gasteiger partial charge is 0.396 e. The van der Waals surface area contributed by atoms with Crippen LogP contribution in [0.1, 0.15) is 77.6 Å². The Labute approximate surface area is 147 Å². The van der Waals surface area contributed by atoms with E-state index in [0.717, 1.165) is 64.2 Å². The standard InChI is InChI=1S/C20H36O4/c1-2-3-7-10-16(22)12-13-18-17(19(23)15-20(18)24)11-8-5-4-6-9-14-21/h12-13,16-19,21-23H,2-11,14-15H2,1H3/b13-12+/t16-,17?,18+,19-/m0/s1. The highest BCUT2D eigenvalue weighted by atomic mass is 16.3. The van der Waals surface area contributed by atoms with Crippen LogP contribution >= 0.6 is 0 Å². The van der Waals surface area contributed by atoms with Gasteiger partial charge in [0.25, 0.3) is 0 Å². The Hall–Kier alpha value is -0.710. The molecule has 4 nitrogen and oxygen atoms in total. The van der Waals surface area contributed by atoms with Gasteiger partial charge in [0.1, 0.15) is 5.78 Å². The number of aliphatic hydroxyl groups is 3. The number of ketones is 1. The maximum atomic E-state index is 12.1. The first-order valence-corrected chi connectivity index (χ1v) is 9.78. The number of carbonyl (C=O) groups is 1. The lowest BCUT2D eigenvalue weighted by atomic mass is 9.88. The van der Waals surface area contributed by atoms with Gasteiger partial charge in [0, 0.05) is 18.9 Å². The molecule has 140 valence electrons. The molecule has 4 heteroatoms. The first-order chi connectivity index (χ1) is 11.6. The molecule has 0 aromatic heterocycles. The van der Waals surface area contributed by atoms with Gasteiger partial charge < -0.3 is 15.3 Å². The molecular weight excluding hydrogens is 304 g/mol. The SMILES string of the molecule is CCCCC[C@H](O)/C=C/[C@H]1C(=O)C[C@H](O)C1CCCCCCCO. The molecule has 0 aliphatic heterocycles. The van der Waals surface area contributed by atoms with Crippen molar-refractivity contribution in [2.75, 3.05) is 6.61 Å².